The number of halogens is 3. The van der Waals surface area contributed by atoms with Crippen LogP contribution in [0, 0.1) is 29.3 Å². The predicted molar refractivity (Wildman–Crippen MR) is 71.1 cm³/mol. The molecule has 0 aliphatic heterocycles. The quantitative estimate of drug-likeness (QED) is 0.881. The summed E-state index contributed by atoms with van der Waals surface area (Å²) >= 11 is 0. The number of hydrogen-bond donors (Lipinski definition) is 1. The average molecular weight is 292 g/mol. The molecule has 1 N–H and O–H groups in total. The van der Waals surface area contributed by atoms with Crippen molar-refractivity contribution < 1.29 is 23.0 Å². The minimum atomic E-state index is -0.819. The smallest absolute Gasteiger partial charge is 0.191 e. The minimum absolute atomic E-state index is 0.173. The van der Waals surface area contributed by atoms with Crippen LogP contribution >= 0.6 is 0 Å². The van der Waals surface area contributed by atoms with Gasteiger partial charge in [-0.05, 0) is 24.3 Å². The molecular formula is C16H11F3O2. The van der Waals surface area contributed by atoms with Gasteiger partial charge in [0.05, 0.1) is 0 Å². The van der Waals surface area contributed by atoms with Crippen LogP contribution in [0.5, 0.6) is 5.75 Å². The van der Waals surface area contributed by atoms with Crippen LogP contribution in [0.3, 0.4) is 0 Å². The van der Waals surface area contributed by atoms with E-state index in [4.69, 9.17) is 9.84 Å². The molecule has 2 aromatic carbocycles. The van der Waals surface area contributed by atoms with Crippen LogP contribution in [0.25, 0.3) is 0 Å². The molecule has 0 aliphatic rings. The lowest BCUT2D eigenvalue weighted by Gasteiger charge is -2.09. The Kier molecular flexibility index (Phi) is 4.85. The standard InChI is InChI=1S/C16H11F3O2/c17-13-7-6-12(11(9-13)3-2-8-20)10-21-16-14(18)4-1-5-15(16)19/h1,4-7,9,20H,8,10H2. The number of benzene rings is 2. The number of para-hydroxylation sites is 1. The maximum atomic E-state index is 13.4. The molecule has 0 saturated carbocycles. The number of ether oxygens (including phenoxy) is 1. The summed E-state index contributed by atoms with van der Waals surface area (Å²) < 4.78 is 45.2. The number of aliphatic hydroxyl groups excluding tert-OH is 1. The van der Waals surface area contributed by atoms with Gasteiger partial charge in [-0.1, -0.05) is 24.0 Å². The van der Waals surface area contributed by atoms with Crippen LogP contribution in [-0.4, -0.2) is 11.7 Å². The fourth-order valence-electron chi connectivity index (χ4n) is 1.70. The monoisotopic (exact) mass is 292 g/mol. The van der Waals surface area contributed by atoms with Crippen LogP contribution in [0.15, 0.2) is 36.4 Å². The molecule has 2 rings (SSSR count). The molecule has 2 nitrogen and oxygen atoms in total. The van der Waals surface area contributed by atoms with E-state index in [9.17, 15) is 13.2 Å². The van der Waals surface area contributed by atoms with E-state index in [0.717, 1.165) is 12.1 Å². The van der Waals surface area contributed by atoms with Gasteiger partial charge in [0.25, 0.3) is 0 Å². The number of hydrogen-bond acceptors (Lipinski definition) is 2. The summed E-state index contributed by atoms with van der Waals surface area (Å²) in [6.07, 6.45) is 0. The number of rotatable bonds is 3. The largest absolute Gasteiger partial charge is 0.483 e. The fraction of sp³-hybridized carbons (Fsp3) is 0.125. The Balaban J connectivity index is 2.24. The zero-order valence-electron chi connectivity index (χ0n) is 10.9. The SMILES string of the molecule is OCC#Cc1cc(F)ccc1COc1c(F)cccc1F. The second-order valence-electron chi connectivity index (χ2n) is 4.10. The topological polar surface area (TPSA) is 29.5 Å². The molecule has 0 radical (unpaired) electrons. The molecule has 0 saturated heterocycles. The summed E-state index contributed by atoms with van der Waals surface area (Å²) in [6, 6.07) is 7.16. The van der Waals surface area contributed by atoms with Gasteiger partial charge >= 0.3 is 0 Å². The zero-order valence-corrected chi connectivity index (χ0v) is 10.9. The maximum absolute atomic E-state index is 13.4. The van der Waals surface area contributed by atoms with Crippen LogP contribution in [-0.2, 0) is 6.61 Å². The molecule has 0 atom stereocenters. The van der Waals surface area contributed by atoms with Gasteiger partial charge in [0.2, 0.25) is 0 Å². The highest BCUT2D eigenvalue weighted by Crippen LogP contribution is 2.22. The Morgan fingerprint density at radius 1 is 1.05 bits per heavy atom. The first kappa shape index (κ1) is 14.9. The molecule has 0 unspecified atom stereocenters. The van der Waals surface area contributed by atoms with Crippen LogP contribution in [0.2, 0.25) is 0 Å². The molecule has 0 fully saturated rings. The van der Waals surface area contributed by atoms with E-state index >= 15 is 0 Å². The van der Waals surface area contributed by atoms with E-state index in [-0.39, 0.29) is 13.2 Å². The van der Waals surface area contributed by atoms with Gasteiger partial charge in [-0.15, -0.1) is 0 Å². The molecule has 0 heterocycles. The summed E-state index contributed by atoms with van der Waals surface area (Å²) in [7, 11) is 0. The highest BCUT2D eigenvalue weighted by Gasteiger charge is 2.11. The summed E-state index contributed by atoms with van der Waals surface area (Å²) in [6.45, 7) is -0.549. The summed E-state index contributed by atoms with van der Waals surface area (Å²) in [5.41, 5.74) is 0.751. The van der Waals surface area contributed by atoms with Crippen LogP contribution < -0.4 is 4.74 Å². The second kappa shape index (κ2) is 6.82. The van der Waals surface area contributed by atoms with Gasteiger partial charge in [-0.25, -0.2) is 13.2 Å². The highest BCUT2D eigenvalue weighted by molar-refractivity contribution is 5.42. The van der Waals surface area contributed by atoms with E-state index in [1.165, 1.54) is 24.3 Å². The molecule has 2 aromatic rings. The fourth-order valence-corrected chi connectivity index (χ4v) is 1.70. The lowest BCUT2D eigenvalue weighted by Crippen LogP contribution is -2.02. The van der Waals surface area contributed by atoms with Crippen molar-refractivity contribution in [1.82, 2.24) is 0 Å². The zero-order chi connectivity index (χ0) is 15.2. The van der Waals surface area contributed by atoms with Crippen molar-refractivity contribution in [3.05, 3.63) is 65.0 Å². The normalized spacial score (nSPS) is 9.90. The first-order chi connectivity index (χ1) is 10.1. The predicted octanol–water partition coefficient (Wildman–Crippen LogP) is 3.03. The van der Waals surface area contributed by atoms with Gasteiger partial charge in [0.1, 0.15) is 19.0 Å². The molecular weight excluding hydrogens is 281 g/mol. The van der Waals surface area contributed by atoms with E-state index in [1.807, 2.05) is 0 Å². The first-order valence-corrected chi connectivity index (χ1v) is 6.07. The lowest BCUT2D eigenvalue weighted by atomic mass is 10.1. The molecule has 0 spiro atoms. The third-order valence-electron chi connectivity index (χ3n) is 2.66. The van der Waals surface area contributed by atoms with Crippen molar-refractivity contribution in [3.8, 4) is 17.6 Å². The van der Waals surface area contributed by atoms with Crippen molar-refractivity contribution in [2.75, 3.05) is 6.61 Å². The van der Waals surface area contributed by atoms with E-state index < -0.39 is 23.2 Å². The van der Waals surface area contributed by atoms with Gasteiger partial charge in [-0.2, -0.15) is 0 Å². The van der Waals surface area contributed by atoms with Gasteiger partial charge in [0, 0.05) is 11.1 Å². The molecule has 108 valence electrons. The second-order valence-corrected chi connectivity index (χ2v) is 4.10. The van der Waals surface area contributed by atoms with Crippen molar-refractivity contribution in [1.29, 1.82) is 0 Å². The Morgan fingerprint density at radius 2 is 1.76 bits per heavy atom. The molecule has 21 heavy (non-hydrogen) atoms. The molecule has 5 heteroatoms. The van der Waals surface area contributed by atoms with Crippen molar-refractivity contribution in [3.63, 3.8) is 0 Å². The van der Waals surface area contributed by atoms with Crippen molar-refractivity contribution in [2.24, 2.45) is 0 Å². The summed E-state index contributed by atoms with van der Waals surface area (Å²) in [5.74, 6) is 2.31. The van der Waals surface area contributed by atoms with Gasteiger partial charge < -0.3 is 9.84 Å². The minimum Gasteiger partial charge on any atom is -0.483 e. The highest BCUT2D eigenvalue weighted by atomic mass is 19.1. The third-order valence-corrected chi connectivity index (χ3v) is 2.66. The molecule has 0 aliphatic carbocycles. The maximum Gasteiger partial charge on any atom is 0.191 e. The third kappa shape index (κ3) is 3.77. The van der Waals surface area contributed by atoms with Crippen LogP contribution in [0.4, 0.5) is 13.2 Å². The van der Waals surface area contributed by atoms with Crippen LogP contribution in [0.1, 0.15) is 11.1 Å². The van der Waals surface area contributed by atoms with Crippen molar-refractivity contribution in [2.45, 2.75) is 6.61 Å². The average Bonchev–Trinajstić information content (AvgIpc) is 2.46. The summed E-state index contributed by atoms with van der Waals surface area (Å²) in [5, 5.41) is 8.67. The first-order valence-electron chi connectivity index (χ1n) is 6.07. The van der Waals surface area contributed by atoms with E-state index in [2.05, 4.69) is 11.8 Å². The van der Waals surface area contributed by atoms with Gasteiger partial charge in [-0.3, -0.25) is 0 Å². The Morgan fingerprint density at radius 3 is 2.43 bits per heavy atom. The molecule has 0 aromatic heterocycles. The Hall–Kier alpha value is -2.45. The van der Waals surface area contributed by atoms with E-state index in [1.54, 1.807) is 0 Å². The Bertz CT molecular complexity index is 682. The lowest BCUT2D eigenvalue weighted by molar-refractivity contribution is 0.273. The Labute approximate surface area is 119 Å². The molecule has 0 bridgehead atoms. The summed E-state index contributed by atoms with van der Waals surface area (Å²) in [4.78, 5) is 0. The number of aliphatic hydroxyl groups is 1. The van der Waals surface area contributed by atoms with E-state index in [0.29, 0.717) is 11.1 Å². The molecule has 0 amide bonds. The van der Waals surface area contributed by atoms with Crippen molar-refractivity contribution >= 4 is 0 Å². The van der Waals surface area contributed by atoms with Gasteiger partial charge in [0.15, 0.2) is 17.4 Å².